The number of benzene rings is 1. The van der Waals surface area contributed by atoms with Crippen molar-refractivity contribution in [1.82, 2.24) is 15.1 Å². The summed E-state index contributed by atoms with van der Waals surface area (Å²) in [5.74, 6) is -5.98. The van der Waals surface area contributed by atoms with Crippen LogP contribution in [-0.4, -0.2) is 120 Å². The van der Waals surface area contributed by atoms with Gasteiger partial charge in [-0.15, -0.1) is 0 Å². The zero-order valence-electron chi connectivity index (χ0n) is 23.2. The number of likely N-dealkylation sites (N-methyl/N-ethyl adjacent to an activating group) is 1. The number of primary amides is 1. The van der Waals surface area contributed by atoms with Crippen LogP contribution in [0.3, 0.4) is 0 Å². The second-order valence-electron chi connectivity index (χ2n) is 11.8. The highest BCUT2D eigenvalue weighted by Crippen LogP contribution is 2.58. The topological polar surface area (TPSA) is 180 Å². The average molecular weight is 556 g/mol. The summed E-state index contributed by atoms with van der Waals surface area (Å²) < 4.78 is 0. The number of nitrogens with zero attached hydrogens (tertiary/aromatic N) is 3. The molecule has 1 aliphatic heterocycles. The highest BCUT2D eigenvalue weighted by atomic mass is 16.3. The molecule has 0 unspecified atom stereocenters. The van der Waals surface area contributed by atoms with Crippen molar-refractivity contribution in [3.8, 4) is 5.75 Å². The van der Waals surface area contributed by atoms with E-state index in [4.69, 9.17) is 5.73 Å². The number of phenols is 1. The van der Waals surface area contributed by atoms with Crippen molar-refractivity contribution in [3.63, 3.8) is 0 Å². The largest absolute Gasteiger partial charge is 0.510 e. The molecule has 4 atom stereocenters. The monoisotopic (exact) mass is 555 g/mol. The van der Waals surface area contributed by atoms with Crippen molar-refractivity contribution >= 4 is 23.2 Å². The number of phenolic OH excluding ortho intramolecular Hbond substituents is 1. The van der Waals surface area contributed by atoms with Crippen molar-refractivity contribution in [1.29, 1.82) is 0 Å². The van der Waals surface area contributed by atoms with E-state index in [-0.39, 0.29) is 29.7 Å². The predicted molar refractivity (Wildman–Crippen MR) is 146 cm³/mol. The molecule has 216 valence electrons. The molecule has 4 aliphatic rings. The molecule has 12 nitrogen and oxygen atoms in total. The third-order valence-corrected chi connectivity index (χ3v) is 9.02. The fourth-order valence-corrected chi connectivity index (χ4v) is 7.34. The maximum atomic E-state index is 14.3. The summed E-state index contributed by atoms with van der Waals surface area (Å²) in [5, 5.41) is 49.2. The lowest BCUT2D eigenvalue weighted by molar-refractivity contribution is -0.151. The van der Waals surface area contributed by atoms with Crippen molar-refractivity contribution in [2.24, 2.45) is 17.1 Å². The number of hydrogen-bond acceptors (Lipinski definition) is 11. The number of ketones is 2. The van der Waals surface area contributed by atoms with Gasteiger partial charge in [0.25, 0.3) is 5.91 Å². The molecule has 5 rings (SSSR count). The summed E-state index contributed by atoms with van der Waals surface area (Å²) in [7, 11) is 6.91. The summed E-state index contributed by atoms with van der Waals surface area (Å²) >= 11 is 0. The number of carbonyl (C=O) groups is 3. The molecule has 0 spiro atoms. The number of nitrogens with two attached hydrogens (primary N) is 1. The minimum Gasteiger partial charge on any atom is -0.510 e. The lowest BCUT2D eigenvalue weighted by atomic mass is 9.52. The second-order valence-corrected chi connectivity index (χ2v) is 11.8. The number of anilines is 1. The molecule has 1 amide bonds. The summed E-state index contributed by atoms with van der Waals surface area (Å²) in [5.41, 5.74) is 2.06. The lowest BCUT2D eigenvalue weighted by Crippen LogP contribution is -2.66. The van der Waals surface area contributed by atoms with E-state index in [2.05, 4.69) is 10.2 Å². The van der Waals surface area contributed by atoms with E-state index in [9.17, 15) is 34.8 Å². The number of hydrogen-bond donors (Lipinski definition) is 6. The Kier molecular flexibility index (Phi) is 6.73. The highest BCUT2D eigenvalue weighted by Gasteiger charge is 2.66. The van der Waals surface area contributed by atoms with Crippen LogP contribution in [0.5, 0.6) is 5.75 Å². The SMILES string of the molecule is CN(C)c1ccc(O)c2c1C[C@@]1(CN3CCNCC3)C[C@H]3[C@H](N(C)C)C(O)=C(C(N)=O)C(=O)[C@@]3(O)C(O)=C1C2=O. The van der Waals surface area contributed by atoms with Crippen LogP contribution in [0.2, 0.25) is 0 Å². The fourth-order valence-electron chi connectivity index (χ4n) is 7.34. The quantitative estimate of drug-likeness (QED) is 0.257. The minimum atomic E-state index is -2.68. The van der Waals surface area contributed by atoms with E-state index in [1.165, 1.54) is 6.07 Å². The van der Waals surface area contributed by atoms with Gasteiger partial charge in [0.15, 0.2) is 11.4 Å². The van der Waals surface area contributed by atoms with Gasteiger partial charge in [-0.05, 0) is 44.6 Å². The number of aromatic hydroxyl groups is 1. The first kappa shape index (κ1) is 28.1. The van der Waals surface area contributed by atoms with Gasteiger partial charge in [-0.25, -0.2) is 0 Å². The maximum Gasteiger partial charge on any atom is 0.255 e. The molecular formula is C28H37N5O7. The highest BCUT2D eigenvalue weighted by molar-refractivity contribution is 6.25. The molecule has 0 saturated carbocycles. The van der Waals surface area contributed by atoms with E-state index in [0.29, 0.717) is 25.2 Å². The minimum absolute atomic E-state index is 0.00617. The Hall–Kier alpha value is -3.45. The normalized spacial score (nSPS) is 30.8. The molecule has 1 aromatic rings. The Balaban J connectivity index is 1.81. The Morgan fingerprint density at radius 1 is 1.12 bits per heavy atom. The molecule has 1 saturated heterocycles. The number of rotatable bonds is 5. The van der Waals surface area contributed by atoms with Crippen LogP contribution < -0.4 is 16.0 Å². The van der Waals surface area contributed by atoms with Crippen molar-refractivity contribution < 1.29 is 34.8 Å². The lowest BCUT2D eigenvalue weighted by Gasteiger charge is -2.55. The molecule has 12 heteroatoms. The number of aliphatic hydroxyl groups is 3. The number of piperazine rings is 1. The van der Waals surface area contributed by atoms with E-state index in [0.717, 1.165) is 18.8 Å². The third kappa shape index (κ3) is 3.85. The van der Waals surface area contributed by atoms with Crippen molar-refractivity contribution in [2.75, 3.05) is 65.8 Å². The van der Waals surface area contributed by atoms with E-state index >= 15 is 0 Å². The van der Waals surface area contributed by atoms with Crippen LogP contribution in [0, 0.1) is 11.3 Å². The first-order chi connectivity index (χ1) is 18.8. The first-order valence-corrected chi connectivity index (χ1v) is 13.4. The fraction of sp³-hybridized carbons (Fsp3) is 0.536. The van der Waals surface area contributed by atoms with Crippen molar-refractivity contribution in [3.05, 3.63) is 45.9 Å². The summed E-state index contributed by atoms with van der Waals surface area (Å²) in [6.07, 6.45) is 0.262. The van der Waals surface area contributed by atoms with Crippen LogP contribution >= 0.6 is 0 Å². The molecule has 1 fully saturated rings. The smallest absolute Gasteiger partial charge is 0.255 e. The Morgan fingerprint density at radius 2 is 1.77 bits per heavy atom. The average Bonchev–Trinajstić information content (AvgIpc) is 2.86. The number of amides is 1. The standard InChI is InChI=1S/C28H37N5O7/c1-31(2)16-5-6-17(34)18-14(16)11-27(13-33-9-7-30-8-10-33)12-15-21(32(3)4)23(36)19(26(29)39)24(37)28(15,40)25(38)20(27)22(18)35/h5-6,15,21,30,34,36,38,40H,7-13H2,1-4H3,(H2,29,39)/t15-,21-,27-,28+/m0/s1. The van der Waals surface area contributed by atoms with Crippen LogP contribution in [0.4, 0.5) is 5.69 Å². The number of fused-ring (bicyclic) bond motifs is 3. The molecular weight excluding hydrogens is 518 g/mol. The first-order valence-electron chi connectivity index (χ1n) is 13.4. The summed E-state index contributed by atoms with van der Waals surface area (Å²) in [6, 6.07) is 2.09. The second kappa shape index (κ2) is 9.58. The number of nitrogens with one attached hydrogen (secondary N) is 1. The predicted octanol–water partition coefficient (Wildman–Crippen LogP) is -0.538. The van der Waals surface area contributed by atoms with Gasteiger partial charge < -0.3 is 36.4 Å². The molecule has 0 aromatic heterocycles. The van der Waals surface area contributed by atoms with Gasteiger partial charge in [-0.2, -0.15) is 0 Å². The van der Waals surface area contributed by atoms with Gasteiger partial charge in [-0.1, -0.05) is 0 Å². The molecule has 1 aromatic carbocycles. The van der Waals surface area contributed by atoms with Gasteiger partial charge in [0.1, 0.15) is 22.8 Å². The zero-order valence-corrected chi connectivity index (χ0v) is 23.2. The van der Waals surface area contributed by atoms with Gasteiger partial charge in [0.2, 0.25) is 5.78 Å². The number of Topliss-reactive ketones (excluding diaryl/α,β-unsaturated/α-hetero) is 2. The van der Waals surface area contributed by atoms with Crippen LogP contribution in [0.1, 0.15) is 22.3 Å². The molecule has 3 aliphatic carbocycles. The molecule has 7 N–H and O–H groups in total. The van der Waals surface area contributed by atoms with Gasteiger partial charge in [-0.3, -0.25) is 24.2 Å². The summed E-state index contributed by atoms with van der Waals surface area (Å²) in [6.45, 7) is 3.15. The molecule has 0 radical (unpaired) electrons. The van der Waals surface area contributed by atoms with Crippen LogP contribution in [0.25, 0.3) is 0 Å². The van der Waals surface area contributed by atoms with Crippen LogP contribution in [-0.2, 0) is 16.0 Å². The van der Waals surface area contributed by atoms with E-state index < -0.39 is 57.5 Å². The molecule has 0 bridgehead atoms. The molecule has 40 heavy (non-hydrogen) atoms. The number of aliphatic hydroxyl groups excluding tert-OH is 2. The van der Waals surface area contributed by atoms with Crippen molar-refractivity contribution in [2.45, 2.75) is 24.5 Å². The Bertz CT molecular complexity index is 1360. The summed E-state index contributed by atoms with van der Waals surface area (Å²) in [4.78, 5) is 45.9. The zero-order chi connectivity index (χ0) is 29.3. The maximum absolute atomic E-state index is 14.3. The Labute approximate surface area is 232 Å². The van der Waals surface area contributed by atoms with Crippen LogP contribution in [0.15, 0.2) is 34.8 Å². The Morgan fingerprint density at radius 3 is 2.35 bits per heavy atom. The van der Waals surface area contributed by atoms with Gasteiger partial charge >= 0.3 is 0 Å². The molecule has 1 heterocycles. The van der Waals surface area contributed by atoms with E-state index in [1.54, 1.807) is 25.1 Å². The van der Waals surface area contributed by atoms with Gasteiger partial charge in [0, 0.05) is 69.4 Å². The third-order valence-electron chi connectivity index (χ3n) is 9.02. The van der Waals surface area contributed by atoms with E-state index in [1.807, 2.05) is 19.0 Å². The number of carbonyl (C=O) groups excluding carboxylic acids is 3. The van der Waals surface area contributed by atoms with Gasteiger partial charge in [0.05, 0.1) is 11.6 Å².